The quantitative estimate of drug-likeness (QED) is 0.663. The molecular formula is C23H29ClN2O3. The Balaban J connectivity index is 2.20. The minimum Gasteiger partial charge on any atom is -0.483 e. The molecular weight excluding hydrogens is 388 g/mol. The highest BCUT2D eigenvalue weighted by Crippen LogP contribution is 2.20. The van der Waals surface area contributed by atoms with Crippen molar-refractivity contribution in [2.75, 3.05) is 13.2 Å². The number of carbonyl (C=O) groups excluding carboxylic acids is 2. The maximum absolute atomic E-state index is 13.1. The highest BCUT2D eigenvalue weighted by molar-refractivity contribution is 6.30. The second-order valence-corrected chi connectivity index (χ2v) is 7.46. The van der Waals surface area contributed by atoms with Crippen molar-refractivity contribution in [3.05, 3.63) is 64.2 Å². The molecule has 0 heterocycles. The molecule has 2 aromatic carbocycles. The summed E-state index contributed by atoms with van der Waals surface area (Å²) in [5.41, 5.74) is 3.00. The van der Waals surface area contributed by atoms with Gasteiger partial charge in [0.15, 0.2) is 6.61 Å². The molecule has 5 nitrogen and oxygen atoms in total. The number of ether oxygens (including phenoxy) is 1. The highest BCUT2D eigenvalue weighted by Gasteiger charge is 2.28. The van der Waals surface area contributed by atoms with Gasteiger partial charge in [-0.05, 0) is 56.5 Å². The number of hydrogen-bond donors (Lipinski definition) is 1. The van der Waals surface area contributed by atoms with Gasteiger partial charge >= 0.3 is 0 Å². The summed E-state index contributed by atoms with van der Waals surface area (Å²) >= 11 is 5.97. The van der Waals surface area contributed by atoms with Crippen LogP contribution in [0.2, 0.25) is 5.02 Å². The van der Waals surface area contributed by atoms with Crippen LogP contribution in [0.3, 0.4) is 0 Å². The lowest BCUT2D eigenvalue weighted by Crippen LogP contribution is -2.50. The maximum atomic E-state index is 13.1. The Morgan fingerprint density at radius 2 is 1.79 bits per heavy atom. The maximum Gasteiger partial charge on any atom is 0.261 e. The smallest absolute Gasteiger partial charge is 0.261 e. The summed E-state index contributed by atoms with van der Waals surface area (Å²) in [6, 6.07) is 12.5. The van der Waals surface area contributed by atoms with E-state index in [1.165, 1.54) is 0 Å². The molecule has 0 saturated carbocycles. The van der Waals surface area contributed by atoms with E-state index >= 15 is 0 Å². The van der Waals surface area contributed by atoms with Gasteiger partial charge in [0.05, 0.1) is 0 Å². The van der Waals surface area contributed by atoms with Gasteiger partial charge in [0.25, 0.3) is 5.91 Å². The molecule has 29 heavy (non-hydrogen) atoms. The zero-order valence-electron chi connectivity index (χ0n) is 17.5. The molecule has 0 aliphatic rings. The van der Waals surface area contributed by atoms with Gasteiger partial charge in [-0.15, -0.1) is 0 Å². The molecule has 0 fully saturated rings. The number of rotatable bonds is 9. The van der Waals surface area contributed by atoms with Crippen molar-refractivity contribution in [3.63, 3.8) is 0 Å². The first-order valence-corrected chi connectivity index (χ1v) is 10.2. The first-order valence-electron chi connectivity index (χ1n) is 9.87. The number of aryl methyl sites for hydroxylation is 2. The third-order valence-electron chi connectivity index (χ3n) is 4.68. The van der Waals surface area contributed by atoms with Crippen LogP contribution in [-0.2, 0) is 16.1 Å². The number of hydrogen-bond acceptors (Lipinski definition) is 3. The molecule has 0 saturated heterocycles. The molecule has 0 unspecified atom stereocenters. The number of amides is 2. The van der Waals surface area contributed by atoms with Gasteiger partial charge in [-0.1, -0.05) is 48.4 Å². The predicted molar refractivity (Wildman–Crippen MR) is 116 cm³/mol. The summed E-state index contributed by atoms with van der Waals surface area (Å²) in [6.07, 6.45) is 0.509. The minimum atomic E-state index is -0.569. The minimum absolute atomic E-state index is 0.132. The van der Waals surface area contributed by atoms with Crippen molar-refractivity contribution in [3.8, 4) is 5.75 Å². The number of likely N-dealkylation sites (N-methyl/N-ethyl adjacent to an activating group) is 1. The van der Waals surface area contributed by atoms with E-state index in [4.69, 9.17) is 16.3 Å². The summed E-state index contributed by atoms with van der Waals surface area (Å²) in [4.78, 5) is 27.2. The van der Waals surface area contributed by atoms with E-state index in [1.54, 1.807) is 17.0 Å². The van der Waals surface area contributed by atoms with Crippen molar-refractivity contribution in [1.29, 1.82) is 0 Å². The Labute approximate surface area is 178 Å². The van der Waals surface area contributed by atoms with Gasteiger partial charge < -0.3 is 15.0 Å². The predicted octanol–water partition coefficient (Wildman–Crippen LogP) is 4.28. The molecule has 2 rings (SSSR count). The van der Waals surface area contributed by atoms with Crippen molar-refractivity contribution in [1.82, 2.24) is 10.2 Å². The Bertz CT molecular complexity index is 837. The van der Waals surface area contributed by atoms with Crippen LogP contribution in [0.1, 0.15) is 37.0 Å². The normalized spacial score (nSPS) is 11.6. The summed E-state index contributed by atoms with van der Waals surface area (Å²) in [5, 5.41) is 3.45. The molecule has 156 valence electrons. The number of nitrogens with zero attached hydrogens (tertiary/aromatic N) is 1. The van der Waals surface area contributed by atoms with E-state index in [-0.39, 0.29) is 18.4 Å². The Morgan fingerprint density at radius 3 is 2.38 bits per heavy atom. The summed E-state index contributed by atoms with van der Waals surface area (Å²) < 4.78 is 5.78. The third-order valence-corrected chi connectivity index (χ3v) is 4.94. The van der Waals surface area contributed by atoms with Gasteiger partial charge in [0, 0.05) is 18.1 Å². The van der Waals surface area contributed by atoms with Crippen molar-refractivity contribution in [2.45, 2.75) is 46.7 Å². The van der Waals surface area contributed by atoms with Crippen molar-refractivity contribution >= 4 is 23.4 Å². The molecule has 1 N–H and O–H groups in total. The van der Waals surface area contributed by atoms with E-state index in [1.807, 2.05) is 58.0 Å². The molecule has 0 radical (unpaired) electrons. The molecule has 0 spiro atoms. The topological polar surface area (TPSA) is 58.6 Å². The van der Waals surface area contributed by atoms with Gasteiger partial charge in [0.2, 0.25) is 5.91 Å². The molecule has 0 aromatic heterocycles. The summed E-state index contributed by atoms with van der Waals surface area (Å²) in [5.74, 6) is 0.267. The van der Waals surface area contributed by atoms with E-state index in [0.29, 0.717) is 30.3 Å². The van der Waals surface area contributed by atoms with Gasteiger partial charge in [-0.25, -0.2) is 0 Å². The molecule has 0 aliphatic carbocycles. The van der Waals surface area contributed by atoms with E-state index in [9.17, 15) is 9.59 Å². The fourth-order valence-electron chi connectivity index (χ4n) is 3.18. The second kappa shape index (κ2) is 10.9. The van der Waals surface area contributed by atoms with Gasteiger partial charge in [0.1, 0.15) is 11.8 Å². The van der Waals surface area contributed by atoms with E-state index in [2.05, 4.69) is 5.32 Å². The molecule has 6 heteroatoms. The van der Waals surface area contributed by atoms with Crippen LogP contribution in [0.5, 0.6) is 5.75 Å². The highest BCUT2D eigenvalue weighted by atomic mass is 35.5. The summed E-state index contributed by atoms with van der Waals surface area (Å²) in [7, 11) is 0. The summed E-state index contributed by atoms with van der Waals surface area (Å²) in [6.45, 7) is 8.40. The number of halogens is 1. The number of benzene rings is 2. The number of nitrogens with one attached hydrogen (secondary N) is 1. The SMILES string of the molecule is CCNC(=O)[C@H](CC)N(Cc1ccc(Cl)cc1)C(=O)COc1ccc(C)cc1C. The largest absolute Gasteiger partial charge is 0.483 e. The standard InChI is InChI=1S/C23H29ClN2O3/c1-5-20(23(28)25-6-2)26(14-18-8-10-19(24)11-9-18)22(27)15-29-21-12-7-16(3)13-17(21)4/h7-13,20H,5-6,14-15H2,1-4H3,(H,25,28)/t20-/m0/s1. The van der Waals surface area contributed by atoms with Gasteiger partial charge in [-0.3, -0.25) is 9.59 Å². The first-order chi connectivity index (χ1) is 13.8. The van der Waals surface area contributed by atoms with Crippen LogP contribution in [0.4, 0.5) is 0 Å². The molecule has 2 aromatic rings. The lowest BCUT2D eigenvalue weighted by Gasteiger charge is -2.30. The van der Waals surface area contributed by atoms with Crippen molar-refractivity contribution in [2.24, 2.45) is 0 Å². The number of carbonyl (C=O) groups is 2. The molecule has 1 atom stereocenters. The Kier molecular flexibility index (Phi) is 8.52. The van der Waals surface area contributed by atoms with Crippen LogP contribution >= 0.6 is 11.6 Å². The second-order valence-electron chi connectivity index (χ2n) is 7.02. The molecule has 2 amide bonds. The fourth-order valence-corrected chi connectivity index (χ4v) is 3.31. The van der Waals surface area contributed by atoms with Crippen LogP contribution in [0.25, 0.3) is 0 Å². The lowest BCUT2D eigenvalue weighted by molar-refractivity contribution is -0.142. The van der Waals surface area contributed by atoms with E-state index < -0.39 is 6.04 Å². The van der Waals surface area contributed by atoms with Crippen LogP contribution < -0.4 is 10.1 Å². The third kappa shape index (κ3) is 6.50. The zero-order valence-corrected chi connectivity index (χ0v) is 18.3. The van der Waals surface area contributed by atoms with Crippen LogP contribution in [0.15, 0.2) is 42.5 Å². The van der Waals surface area contributed by atoms with Crippen LogP contribution in [-0.4, -0.2) is 35.9 Å². The average molecular weight is 417 g/mol. The molecule has 0 bridgehead atoms. The Morgan fingerprint density at radius 1 is 1.10 bits per heavy atom. The zero-order chi connectivity index (χ0) is 21.4. The monoisotopic (exact) mass is 416 g/mol. The fraction of sp³-hybridized carbons (Fsp3) is 0.391. The van der Waals surface area contributed by atoms with Gasteiger partial charge in [-0.2, -0.15) is 0 Å². The first kappa shape index (κ1) is 22.8. The van der Waals surface area contributed by atoms with Crippen LogP contribution in [0, 0.1) is 13.8 Å². The molecule has 0 aliphatic heterocycles. The van der Waals surface area contributed by atoms with E-state index in [0.717, 1.165) is 16.7 Å². The Hall–Kier alpha value is -2.53. The van der Waals surface area contributed by atoms with Crippen molar-refractivity contribution < 1.29 is 14.3 Å². The lowest BCUT2D eigenvalue weighted by atomic mass is 10.1. The average Bonchev–Trinajstić information content (AvgIpc) is 2.68.